The summed E-state index contributed by atoms with van der Waals surface area (Å²) >= 11 is 0. The lowest BCUT2D eigenvalue weighted by molar-refractivity contribution is -0.393. The van der Waals surface area contributed by atoms with E-state index in [1.165, 1.54) is 0 Å². The molecule has 0 amide bonds. The number of ether oxygens (including phenoxy) is 13. The lowest BCUT2D eigenvalue weighted by Crippen LogP contribution is -2.67. The van der Waals surface area contributed by atoms with Crippen LogP contribution in [0.3, 0.4) is 0 Å². The first-order valence-electron chi connectivity index (χ1n) is 30.9. The second-order valence-corrected chi connectivity index (χ2v) is 22.7. The van der Waals surface area contributed by atoms with Crippen LogP contribution in [-0.2, 0) is 113 Å². The summed E-state index contributed by atoms with van der Waals surface area (Å²) in [5.74, 6) is -0.253. The summed E-state index contributed by atoms with van der Waals surface area (Å²) in [7, 11) is 0. The molecule has 466 valence electrons. The van der Waals surface area contributed by atoms with Gasteiger partial charge < -0.3 is 66.7 Å². The van der Waals surface area contributed by atoms with Gasteiger partial charge in [-0.2, -0.15) is 0 Å². The highest BCUT2D eigenvalue weighted by atomic mass is 16.8. The first-order valence-corrected chi connectivity index (χ1v) is 30.9. The molecule has 3 fully saturated rings. The van der Waals surface area contributed by atoms with E-state index in [1.54, 1.807) is 0 Å². The molecule has 7 aromatic carbocycles. The molecule has 0 bridgehead atoms. The molecule has 15 atom stereocenters. The Morgan fingerprint density at radius 1 is 0.330 bits per heavy atom. The van der Waals surface area contributed by atoms with Crippen molar-refractivity contribution in [1.82, 2.24) is 0 Å². The predicted octanol–water partition coefficient (Wildman–Crippen LogP) is 12.2. The van der Waals surface area contributed by atoms with Crippen LogP contribution in [0, 0.1) is 0 Å². The molecule has 88 heavy (non-hydrogen) atoms. The van der Waals surface area contributed by atoms with Crippen molar-refractivity contribution < 1.29 is 71.5 Å². The molecule has 3 aliphatic rings. The molecular weight excluding hydrogens is 1120 g/mol. The molecular formula is C73H84O15. The SMILES string of the molecule is C[C@@H]1O[C@@H](O[C@@H]2[C@@H](OCc3ccccc3)[C@H](C)O[C@@H](O[C@H]3[C@@H](OCCCCCC(=O)OCc4ccccc4)O[C@@H](C)[C@H](OCc4ccccc4)[C@H]3OCc3ccccc3)[C@@H]2OCc2ccccc2)[C@H](OCc2ccccc2)[C@H](O)[C@H]1OCc1ccccc1. The van der Waals surface area contributed by atoms with Crippen LogP contribution in [0.5, 0.6) is 0 Å². The summed E-state index contributed by atoms with van der Waals surface area (Å²) in [5, 5.41) is 12.6. The zero-order chi connectivity index (χ0) is 60.7. The van der Waals surface area contributed by atoms with E-state index in [9.17, 15) is 9.90 Å². The predicted molar refractivity (Wildman–Crippen MR) is 330 cm³/mol. The zero-order valence-corrected chi connectivity index (χ0v) is 50.5. The number of aliphatic hydroxyl groups is 1. The molecule has 3 saturated heterocycles. The highest BCUT2D eigenvalue weighted by Gasteiger charge is 2.56. The van der Waals surface area contributed by atoms with Gasteiger partial charge in [0.25, 0.3) is 0 Å². The van der Waals surface area contributed by atoms with E-state index >= 15 is 0 Å². The van der Waals surface area contributed by atoms with Gasteiger partial charge in [0.1, 0.15) is 61.5 Å². The summed E-state index contributed by atoms with van der Waals surface area (Å²) in [5.41, 5.74) is 6.52. The Hall–Kier alpha value is -6.51. The minimum absolute atomic E-state index is 0.122. The fourth-order valence-electron chi connectivity index (χ4n) is 11.3. The van der Waals surface area contributed by atoms with Gasteiger partial charge in [-0.05, 0) is 72.6 Å². The third-order valence-corrected chi connectivity index (χ3v) is 16.1. The number of unbranched alkanes of at least 4 members (excludes halogenated alkanes) is 2. The Labute approximate surface area is 518 Å². The average molecular weight is 1200 g/mol. The van der Waals surface area contributed by atoms with Crippen LogP contribution in [0.25, 0.3) is 0 Å². The van der Waals surface area contributed by atoms with E-state index in [2.05, 4.69) is 0 Å². The monoisotopic (exact) mass is 1200 g/mol. The molecule has 3 aliphatic heterocycles. The van der Waals surface area contributed by atoms with Crippen LogP contribution in [0.4, 0.5) is 0 Å². The minimum atomic E-state index is -1.21. The van der Waals surface area contributed by atoms with Crippen LogP contribution >= 0.6 is 0 Å². The molecule has 3 heterocycles. The second kappa shape index (κ2) is 33.9. The lowest BCUT2D eigenvalue weighted by atomic mass is 9.95. The fraction of sp³-hybridized carbons (Fsp3) is 0.411. The van der Waals surface area contributed by atoms with E-state index in [-0.39, 0.29) is 65.2 Å². The van der Waals surface area contributed by atoms with Gasteiger partial charge in [0.05, 0.1) is 58.0 Å². The largest absolute Gasteiger partial charge is 0.461 e. The van der Waals surface area contributed by atoms with Gasteiger partial charge in [0.2, 0.25) is 0 Å². The molecule has 0 saturated carbocycles. The van der Waals surface area contributed by atoms with Gasteiger partial charge in [0, 0.05) is 13.0 Å². The van der Waals surface area contributed by atoms with Gasteiger partial charge in [-0.3, -0.25) is 4.79 Å². The molecule has 10 rings (SSSR count). The number of carbonyl (C=O) groups excluding carboxylic acids is 1. The third-order valence-electron chi connectivity index (χ3n) is 16.1. The van der Waals surface area contributed by atoms with E-state index in [0.717, 1.165) is 38.9 Å². The zero-order valence-electron chi connectivity index (χ0n) is 50.5. The summed E-state index contributed by atoms with van der Waals surface area (Å²) in [6.07, 6.45) is -11.6. The normalized spacial score (nSPS) is 27.2. The minimum Gasteiger partial charge on any atom is -0.461 e. The Kier molecular flexibility index (Phi) is 24.8. The van der Waals surface area contributed by atoms with E-state index in [1.807, 2.05) is 233 Å². The second-order valence-electron chi connectivity index (χ2n) is 22.7. The first kappa shape index (κ1) is 64.5. The quantitative estimate of drug-likeness (QED) is 0.0323. The summed E-state index contributed by atoms with van der Waals surface area (Å²) in [4.78, 5) is 12.8. The first-order chi connectivity index (χ1) is 43.2. The molecule has 0 aliphatic carbocycles. The summed E-state index contributed by atoms with van der Waals surface area (Å²) in [6, 6.07) is 68.9. The Balaban J connectivity index is 0.975. The number of esters is 1. The van der Waals surface area contributed by atoms with Crippen LogP contribution < -0.4 is 0 Å². The van der Waals surface area contributed by atoms with E-state index in [0.29, 0.717) is 19.3 Å². The molecule has 0 unspecified atom stereocenters. The van der Waals surface area contributed by atoms with Crippen molar-refractivity contribution in [2.75, 3.05) is 6.61 Å². The van der Waals surface area contributed by atoms with Crippen molar-refractivity contribution >= 4 is 5.97 Å². The van der Waals surface area contributed by atoms with Gasteiger partial charge in [0.15, 0.2) is 18.9 Å². The van der Waals surface area contributed by atoms with Crippen molar-refractivity contribution in [3.63, 3.8) is 0 Å². The van der Waals surface area contributed by atoms with E-state index < -0.39 is 92.1 Å². The van der Waals surface area contributed by atoms with Crippen LogP contribution in [-0.4, -0.2) is 110 Å². The molecule has 0 spiro atoms. The molecule has 0 aromatic heterocycles. The lowest BCUT2D eigenvalue weighted by Gasteiger charge is -2.51. The molecule has 7 aromatic rings. The van der Waals surface area contributed by atoms with Gasteiger partial charge in [-0.15, -0.1) is 0 Å². The number of benzene rings is 7. The highest BCUT2D eigenvalue weighted by Crippen LogP contribution is 2.39. The molecule has 0 radical (unpaired) electrons. The smallest absolute Gasteiger partial charge is 0.306 e. The number of hydrogen-bond donors (Lipinski definition) is 1. The number of rotatable bonds is 31. The Morgan fingerprint density at radius 3 is 1.08 bits per heavy atom. The summed E-state index contributed by atoms with van der Waals surface area (Å²) < 4.78 is 89.4. The standard InChI is InChI=1S/C73H84O15/c1-51-63(78-45-55-30-14-5-15-31-55)62(75)66(81-48-58-36-20-8-21-37-58)72(85-51)87-68-65(80-47-57-34-18-7-19-35-57)53(3)86-73(69(68)83-50-60-40-24-10-25-41-60)88-70-67(82-49-59-38-22-9-23-39-59)64(79-46-56-32-16-6-17-33-56)52(2)84-71(70)76-43-27-11-26-42-61(74)77-44-54-28-12-4-13-29-54/h4-10,12-25,28-41,51-53,62-73,75H,11,26-27,42-50H2,1-3H3/t51-,52-,53-,62+,63-,64-,65-,66+,67+,68+,69+,70+,71-,72-,73-/m0/s1. The maximum atomic E-state index is 12.8. The van der Waals surface area contributed by atoms with Crippen LogP contribution in [0.1, 0.15) is 85.4 Å². The van der Waals surface area contributed by atoms with Gasteiger partial charge in [-0.25, -0.2) is 0 Å². The third kappa shape index (κ3) is 18.8. The maximum absolute atomic E-state index is 12.8. The Bertz CT molecular complexity index is 3040. The van der Waals surface area contributed by atoms with Crippen molar-refractivity contribution in [3.05, 3.63) is 251 Å². The number of aliphatic hydroxyl groups excluding tert-OH is 1. The number of hydrogen-bond acceptors (Lipinski definition) is 15. The van der Waals surface area contributed by atoms with Gasteiger partial charge >= 0.3 is 5.97 Å². The fourth-order valence-corrected chi connectivity index (χ4v) is 11.3. The Morgan fingerprint density at radius 2 is 0.648 bits per heavy atom. The van der Waals surface area contributed by atoms with Gasteiger partial charge in [-0.1, -0.05) is 219 Å². The van der Waals surface area contributed by atoms with Crippen molar-refractivity contribution in [2.24, 2.45) is 0 Å². The molecule has 1 N–H and O–H groups in total. The van der Waals surface area contributed by atoms with E-state index in [4.69, 9.17) is 61.6 Å². The van der Waals surface area contributed by atoms with Crippen molar-refractivity contribution in [2.45, 2.75) is 185 Å². The van der Waals surface area contributed by atoms with Crippen LogP contribution in [0.2, 0.25) is 0 Å². The number of carbonyl (C=O) groups is 1. The maximum Gasteiger partial charge on any atom is 0.306 e. The average Bonchev–Trinajstić information content (AvgIpc) is 1.20. The molecule has 15 nitrogen and oxygen atoms in total. The molecule has 15 heteroatoms. The summed E-state index contributed by atoms with van der Waals surface area (Å²) in [6.45, 7) is 7.44. The highest BCUT2D eigenvalue weighted by molar-refractivity contribution is 5.69. The van der Waals surface area contributed by atoms with Crippen LogP contribution in [0.15, 0.2) is 212 Å². The van der Waals surface area contributed by atoms with Crippen molar-refractivity contribution in [3.8, 4) is 0 Å². The van der Waals surface area contributed by atoms with Crippen molar-refractivity contribution in [1.29, 1.82) is 0 Å². The topological polar surface area (TPSA) is 157 Å².